The second-order valence-corrected chi connectivity index (χ2v) is 8.60. The van der Waals surface area contributed by atoms with E-state index >= 15 is 0 Å². The molecule has 2 heterocycles. The van der Waals surface area contributed by atoms with Crippen LogP contribution in [0.5, 0.6) is 0 Å². The van der Waals surface area contributed by atoms with Crippen LogP contribution in [0.2, 0.25) is 0 Å². The van der Waals surface area contributed by atoms with Gasteiger partial charge in [0.15, 0.2) is 0 Å². The molecule has 4 aliphatic rings. The molecule has 5 rings (SSSR count). The molecule has 2 amide bonds. The second kappa shape index (κ2) is 6.40. The molecular formula is C22H28N2O2. The average Bonchev–Trinajstić information content (AvgIpc) is 3.52. The number of hydrogen-bond donors (Lipinski definition) is 0. The highest BCUT2D eigenvalue weighted by Gasteiger charge is 2.51. The van der Waals surface area contributed by atoms with Crippen molar-refractivity contribution in [3.05, 3.63) is 35.4 Å². The van der Waals surface area contributed by atoms with Gasteiger partial charge in [-0.2, -0.15) is 0 Å². The zero-order valence-electron chi connectivity index (χ0n) is 15.4. The number of fused-ring (bicyclic) bond motifs is 3. The van der Waals surface area contributed by atoms with Gasteiger partial charge in [-0.3, -0.25) is 9.59 Å². The Hall–Kier alpha value is -1.84. The molecule has 2 atom stereocenters. The third-order valence-electron chi connectivity index (χ3n) is 6.96. The van der Waals surface area contributed by atoms with E-state index in [1.807, 2.05) is 4.90 Å². The van der Waals surface area contributed by atoms with E-state index in [4.69, 9.17) is 0 Å². The van der Waals surface area contributed by atoms with Gasteiger partial charge in [0.1, 0.15) is 6.04 Å². The van der Waals surface area contributed by atoms with E-state index in [1.165, 1.54) is 17.5 Å². The summed E-state index contributed by atoms with van der Waals surface area (Å²) in [7, 11) is 0. The Morgan fingerprint density at radius 3 is 2.54 bits per heavy atom. The smallest absolute Gasteiger partial charge is 0.246 e. The van der Waals surface area contributed by atoms with Crippen molar-refractivity contribution in [2.45, 2.75) is 63.5 Å². The summed E-state index contributed by atoms with van der Waals surface area (Å²) < 4.78 is 0. The van der Waals surface area contributed by atoms with E-state index in [-0.39, 0.29) is 29.8 Å². The summed E-state index contributed by atoms with van der Waals surface area (Å²) in [5.74, 6) is 1.01. The van der Waals surface area contributed by atoms with Crippen LogP contribution >= 0.6 is 0 Å². The largest absolute Gasteiger partial charge is 0.332 e. The molecule has 138 valence electrons. The first-order chi connectivity index (χ1) is 12.7. The molecule has 2 aliphatic heterocycles. The zero-order valence-corrected chi connectivity index (χ0v) is 15.4. The van der Waals surface area contributed by atoms with Crippen molar-refractivity contribution in [2.75, 3.05) is 13.1 Å². The first kappa shape index (κ1) is 16.3. The molecule has 4 nitrogen and oxygen atoms in total. The van der Waals surface area contributed by atoms with Gasteiger partial charge < -0.3 is 9.80 Å². The van der Waals surface area contributed by atoms with Gasteiger partial charge in [-0.1, -0.05) is 43.5 Å². The van der Waals surface area contributed by atoms with Gasteiger partial charge in [0, 0.05) is 19.0 Å². The molecule has 0 spiro atoms. The molecule has 26 heavy (non-hydrogen) atoms. The Morgan fingerprint density at radius 1 is 1.00 bits per heavy atom. The average molecular weight is 352 g/mol. The molecule has 2 saturated carbocycles. The highest BCUT2D eigenvalue weighted by atomic mass is 16.2. The highest BCUT2D eigenvalue weighted by Crippen LogP contribution is 2.43. The summed E-state index contributed by atoms with van der Waals surface area (Å²) in [6.07, 6.45) is 8.71. The van der Waals surface area contributed by atoms with Crippen LogP contribution in [0.3, 0.4) is 0 Å². The van der Waals surface area contributed by atoms with Crippen LogP contribution in [-0.4, -0.2) is 40.7 Å². The van der Waals surface area contributed by atoms with E-state index < -0.39 is 0 Å². The van der Waals surface area contributed by atoms with Crippen LogP contribution in [-0.2, 0) is 16.0 Å². The van der Waals surface area contributed by atoms with E-state index in [9.17, 15) is 9.59 Å². The maximum atomic E-state index is 13.4. The monoisotopic (exact) mass is 352 g/mol. The van der Waals surface area contributed by atoms with Gasteiger partial charge in [0.05, 0.1) is 6.04 Å². The lowest BCUT2D eigenvalue weighted by Crippen LogP contribution is -2.62. The van der Waals surface area contributed by atoms with Crippen LogP contribution in [0.1, 0.15) is 62.1 Å². The normalized spacial score (nSPS) is 29.3. The van der Waals surface area contributed by atoms with E-state index in [0.717, 1.165) is 51.5 Å². The van der Waals surface area contributed by atoms with E-state index in [1.54, 1.807) is 0 Å². The van der Waals surface area contributed by atoms with Gasteiger partial charge >= 0.3 is 0 Å². The standard InChI is InChI=1S/C22H28N2O2/c25-21(17-7-2-1-3-8-17)24-14-19-18-9-5-4-6-15(18)12-13-23(19)22(26)20(24)16-10-11-16/h4-6,9,16-17,19-20H,1-3,7-8,10-14H2/t19-,20-/m0/s1. The molecule has 0 radical (unpaired) electrons. The fourth-order valence-electron chi connectivity index (χ4n) is 5.39. The molecule has 0 bridgehead atoms. The van der Waals surface area contributed by atoms with Gasteiger partial charge in [-0.25, -0.2) is 0 Å². The van der Waals surface area contributed by atoms with Gasteiger partial charge in [-0.05, 0) is 49.1 Å². The fraction of sp³-hybridized carbons (Fsp3) is 0.636. The summed E-state index contributed by atoms with van der Waals surface area (Å²) in [6.45, 7) is 1.49. The summed E-state index contributed by atoms with van der Waals surface area (Å²) >= 11 is 0. The molecule has 4 heteroatoms. The van der Waals surface area contributed by atoms with Crippen molar-refractivity contribution in [1.29, 1.82) is 0 Å². The number of rotatable bonds is 2. The van der Waals surface area contributed by atoms with Crippen molar-refractivity contribution in [2.24, 2.45) is 11.8 Å². The first-order valence-electron chi connectivity index (χ1n) is 10.4. The number of nitrogens with zero attached hydrogens (tertiary/aromatic N) is 2. The third-order valence-corrected chi connectivity index (χ3v) is 6.96. The number of benzene rings is 1. The zero-order chi connectivity index (χ0) is 17.7. The minimum absolute atomic E-state index is 0.0509. The van der Waals surface area contributed by atoms with Crippen molar-refractivity contribution >= 4 is 11.8 Å². The van der Waals surface area contributed by atoms with Crippen molar-refractivity contribution in [3.8, 4) is 0 Å². The lowest BCUT2D eigenvalue weighted by atomic mass is 9.85. The predicted molar refractivity (Wildman–Crippen MR) is 99.4 cm³/mol. The van der Waals surface area contributed by atoms with Crippen LogP contribution in [0.4, 0.5) is 0 Å². The molecule has 0 unspecified atom stereocenters. The quantitative estimate of drug-likeness (QED) is 0.819. The number of amides is 2. The highest BCUT2D eigenvalue weighted by molar-refractivity contribution is 5.91. The molecule has 2 aliphatic carbocycles. The van der Waals surface area contributed by atoms with E-state index in [0.29, 0.717) is 12.5 Å². The SMILES string of the molecule is O=C(C1CCCCC1)N1C[C@H]2c3ccccc3CCN2C(=O)[C@@H]1C1CC1. The first-order valence-corrected chi connectivity index (χ1v) is 10.4. The van der Waals surface area contributed by atoms with Crippen molar-refractivity contribution < 1.29 is 9.59 Å². The minimum atomic E-state index is -0.189. The molecule has 1 aromatic rings. The number of carbonyl (C=O) groups is 2. The summed E-state index contributed by atoms with van der Waals surface area (Å²) in [5, 5.41) is 0. The molecular weight excluding hydrogens is 324 g/mol. The molecule has 0 aromatic heterocycles. The van der Waals surface area contributed by atoms with E-state index in [2.05, 4.69) is 29.2 Å². The van der Waals surface area contributed by atoms with Crippen LogP contribution in [0.15, 0.2) is 24.3 Å². The maximum Gasteiger partial charge on any atom is 0.246 e. The Morgan fingerprint density at radius 2 is 1.77 bits per heavy atom. The molecule has 3 fully saturated rings. The Labute approximate surface area is 155 Å². The Bertz CT molecular complexity index is 721. The summed E-state index contributed by atoms with van der Waals surface area (Å²) in [5.41, 5.74) is 2.60. The number of piperazine rings is 1. The minimum Gasteiger partial charge on any atom is -0.332 e. The number of hydrogen-bond acceptors (Lipinski definition) is 2. The third kappa shape index (κ3) is 2.65. The fourth-order valence-corrected chi connectivity index (χ4v) is 5.39. The van der Waals surface area contributed by atoms with Crippen LogP contribution in [0, 0.1) is 11.8 Å². The lowest BCUT2D eigenvalue weighted by molar-refractivity contribution is -0.160. The van der Waals surface area contributed by atoms with Gasteiger partial charge in [-0.15, -0.1) is 0 Å². The van der Waals surface area contributed by atoms with Crippen LogP contribution in [0.25, 0.3) is 0 Å². The predicted octanol–water partition coefficient (Wildman–Crippen LogP) is 3.31. The second-order valence-electron chi connectivity index (χ2n) is 8.60. The maximum absolute atomic E-state index is 13.4. The Balaban J connectivity index is 1.47. The van der Waals surface area contributed by atoms with Crippen molar-refractivity contribution in [1.82, 2.24) is 9.80 Å². The van der Waals surface area contributed by atoms with Gasteiger partial charge in [0.2, 0.25) is 11.8 Å². The summed E-state index contributed by atoms with van der Waals surface area (Å²) in [4.78, 5) is 30.9. The Kier molecular flexibility index (Phi) is 4.02. The molecule has 0 N–H and O–H groups in total. The van der Waals surface area contributed by atoms with Gasteiger partial charge in [0.25, 0.3) is 0 Å². The van der Waals surface area contributed by atoms with Crippen molar-refractivity contribution in [3.63, 3.8) is 0 Å². The lowest BCUT2D eigenvalue weighted by Gasteiger charge is -2.49. The molecule has 1 aromatic carbocycles. The number of carbonyl (C=O) groups excluding carboxylic acids is 2. The molecule has 1 saturated heterocycles. The summed E-state index contributed by atoms with van der Waals surface area (Å²) in [6, 6.07) is 8.34. The topological polar surface area (TPSA) is 40.6 Å². The van der Waals surface area contributed by atoms with Crippen LogP contribution < -0.4 is 0 Å².